The van der Waals surface area contributed by atoms with Crippen molar-refractivity contribution in [3.63, 3.8) is 0 Å². The van der Waals surface area contributed by atoms with Gasteiger partial charge in [-0.25, -0.2) is 0 Å². The zero-order chi connectivity index (χ0) is 11.5. The molecule has 0 aliphatic heterocycles. The smallest absolute Gasteiger partial charge is 0.0314 e. The Labute approximate surface area is 92.9 Å². The average molecular weight is 209 g/mol. The van der Waals surface area contributed by atoms with Gasteiger partial charge in [0.05, 0.1) is 0 Å². The lowest BCUT2D eigenvalue weighted by atomic mass is 9.59. The number of hydrogen-bond donors (Lipinski definition) is 0. The Morgan fingerprint density at radius 2 is 2.07 bits per heavy atom. The molecule has 15 heavy (non-hydrogen) atoms. The summed E-state index contributed by atoms with van der Waals surface area (Å²) in [5.41, 5.74) is 9.12. The number of nitrogens with zero attached hydrogens (tertiary/aromatic N) is 3. The third-order valence-corrected chi connectivity index (χ3v) is 3.76. The molecule has 0 heterocycles. The van der Waals surface area contributed by atoms with E-state index in [1.54, 1.807) is 0 Å². The largest absolute Gasteiger partial charge is 0.0934 e. The van der Waals surface area contributed by atoms with Gasteiger partial charge < -0.3 is 0 Å². The van der Waals surface area contributed by atoms with E-state index in [-0.39, 0.29) is 5.41 Å². The van der Waals surface area contributed by atoms with E-state index in [0.717, 1.165) is 12.3 Å². The molecule has 0 aromatic rings. The summed E-state index contributed by atoms with van der Waals surface area (Å²) in [5, 5.41) is 3.82. The minimum Gasteiger partial charge on any atom is -0.0934 e. The van der Waals surface area contributed by atoms with Crippen molar-refractivity contribution in [2.75, 3.05) is 6.54 Å². The monoisotopic (exact) mass is 209 g/mol. The zero-order valence-electron chi connectivity index (χ0n) is 10.5. The minimum atomic E-state index is 0.257. The van der Waals surface area contributed by atoms with Crippen molar-refractivity contribution in [2.24, 2.45) is 21.9 Å². The van der Waals surface area contributed by atoms with Crippen LogP contribution in [0.4, 0.5) is 0 Å². The molecule has 0 bridgehead atoms. The Balaban J connectivity index is 2.83. The molecule has 2 unspecified atom stereocenters. The molecule has 0 saturated heterocycles. The second kappa shape index (κ2) is 4.44. The molecule has 1 fully saturated rings. The summed E-state index contributed by atoms with van der Waals surface area (Å²) in [5.74, 6) is 0.752. The van der Waals surface area contributed by atoms with Gasteiger partial charge in [0.25, 0.3) is 0 Å². The summed E-state index contributed by atoms with van der Waals surface area (Å²) in [6, 6.07) is 0. The Kier molecular flexibility index (Phi) is 3.67. The van der Waals surface area contributed by atoms with Gasteiger partial charge in [-0.05, 0) is 41.5 Å². The highest BCUT2D eigenvalue weighted by molar-refractivity contribution is 4.93. The third-order valence-electron chi connectivity index (χ3n) is 3.76. The SMILES string of the molecule is CCC1(CN=[N+]=[N-])CC(C)CC(C)(C)C1. The van der Waals surface area contributed by atoms with Crippen molar-refractivity contribution in [3.8, 4) is 0 Å². The minimum absolute atomic E-state index is 0.257. The van der Waals surface area contributed by atoms with Gasteiger partial charge in [0.15, 0.2) is 0 Å². The highest BCUT2D eigenvalue weighted by Gasteiger charge is 2.41. The van der Waals surface area contributed by atoms with Crippen molar-refractivity contribution in [1.29, 1.82) is 0 Å². The summed E-state index contributed by atoms with van der Waals surface area (Å²) < 4.78 is 0. The van der Waals surface area contributed by atoms with Crippen LogP contribution in [0, 0.1) is 16.7 Å². The van der Waals surface area contributed by atoms with Crippen molar-refractivity contribution < 1.29 is 0 Å². The maximum Gasteiger partial charge on any atom is 0.0314 e. The van der Waals surface area contributed by atoms with Gasteiger partial charge in [0.1, 0.15) is 0 Å². The summed E-state index contributed by atoms with van der Waals surface area (Å²) in [7, 11) is 0. The van der Waals surface area contributed by atoms with E-state index >= 15 is 0 Å². The summed E-state index contributed by atoms with van der Waals surface area (Å²) in [4.78, 5) is 2.92. The van der Waals surface area contributed by atoms with Crippen molar-refractivity contribution in [1.82, 2.24) is 0 Å². The van der Waals surface area contributed by atoms with Crippen LogP contribution in [0.5, 0.6) is 0 Å². The fourth-order valence-electron chi connectivity index (χ4n) is 3.60. The van der Waals surface area contributed by atoms with Crippen molar-refractivity contribution >= 4 is 0 Å². The highest BCUT2D eigenvalue weighted by Crippen LogP contribution is 2.50. The van der Waals surface area contributed by atoms with Crippen LogP contribution in [0.15, 0.2) is 5.11 Å². The topological polar surface area (TPSA) is 48.8 Å². The molecule has 2 atom stereocenters. The van der Waals surface area contributed by atoms with E-state index < -0.39 is 0 Å². The third kappa shape index (κ3) is 3.13. The molecular weight excluding hydrogens is 186 g/mol. The van der Waals surface area contributed by atoms with Gasteiger partial charge in [-0.15, -0.1) is 0 Å². The normalized spacial score (nSPS) is 34.5. The molecule has 0 aromatic carbocycles. The second-order valence-corrected chi connectivity index (χ2v) is 6.10. The van der Waals surface area contributed by atoms with Crippen molar-refractivity contribution in [2.45, 2.75) is 53.4 Å². The van der Waals surface area contributed by atoms with E-state index in [1.165, 1.54) is 19.3 Å². The predicted molar refractivity (Wildman–Crippen MR) is 63.5 cm³/mol. The Morgan fingerprint density at radius 3 is 2.53 bits per heavy atom. The maximum atomic E-state index is 8.46. The molecule has 0 spiro atoms. The first-order chi connectivity index (χ1) is 6.93. The first-order valence-electron chi connectivity index (χ1n) is 5.94. The maximum absolute atomic E-state index is 8.46. The molecule has 0 radical (unpaired) electrons. The molecule has 1 aliphatic rings. The summed E-state index contributed by atoms with van der Waals surface area (Å²) in [6.45, 7) is 9.89. The highest BCUT2D eigenvalue weighted by atomic mass is 15.1. The molecule has 1 rings (SSSR count). The van der Waals surface area contributed by atoms with Gasteiger partial charge in [-0.2, -0.15) is 0 Å². The Morgan fingerprint density at radius 1 is 1.40 bits per heavy atom. The number of azide groups is 1. The molecule has 86 valence electrons. The number of hydrogen-bond acceptors (Lipinski definition) is 1. The van der Waals surface area contributed by atoms with Crippen LogP contribution >= 0.6 is 0 Å². The van der Waals surface area contributed by atoms with Crippen LogP contribution in [0.3, 0.4) is 0 Å². The van der Waals surface area contributed by atoms with E-state index in [9.17, 15) is 0 Å². The molecular formula is C12H23N3. The van der Waals surface area contributed by atoms with Crippen LogP contribution < -0.4 is 0 Å². The van der Waals surface area contributed by atoms with Crippen LogP contribution in [0.25, 0.3) is 10.4 Å². The Hall–Kier alpha value is -0.690. The van der Waals surface area contributed by atoms with Gasteiger partial charge in [-0.1, -0.05) is 39.2 Å². The van der Waals surface area contributed by atoms with Gasteiger partial charge >= 0.3 is 0 Å². The number of rotatable bonds is 3. The van der Waals surface area contributed by atoms with E-state index in [2.05, 4.69) is 37.7 Å². The summed E-state index contributed by atoms with van der Waals surface area (Å²) in [6.07, 6.45) is 4.83. The van der Waals surface area contributed by atoms with Crippen LogP contribution in [0.1, 0.15) is 53.4 Å². The molecule has 1 saturated carbocycles. The molecule has 0 amide bonds. The molecule has 3 nitrogen and oxygen atoms in total. The Bertz CT molecular complexity index is 266. The fourth-order valence-corrected chi connectivity index (χ4v) is 3.60. The lowest BCUT2D eigenvalue weighted by molar-refractivity contribution is 0.0502. The van der Waals surface area contributed by atoms with Crippen molar-refractivity contribution in [3.05, 3.63) is 10.4 Å². The second-order valence-electron chi connectivity index (χ2n) is 6.10. The zero-order valence-corrected chi connectivity index (χ0v) is 10.5. The fraction of sp³-hybridized carbons (Fsp3) is 1.00. The summed E-state index contributed by atoms with van der Waals surface area (Å²) >= 11 is 0. The molecule has 0 N–H and O–H groups in total. The van der Waals surface area contributed by atoms with E-state index in [0.29, 0.717) is 12.0 Å². The standard InChI is InChI=1S/C12H23N3/c1-5-12(9-14-15-13)7-10(2)6-11(3,4)8-12/h10H,5-9H2,1-4H3. The average Bonchev–Trinajstić information content (AvgIpc) is 2.11. The lowest BCUT2D eigenvalue weighted by Gasteiger charge is -2.47. The van der Waals surface area contributed by atoms with Crippen LogP contribution in [0.2, 0.25) is 0 Å². The van der Waals surface area contributed by atoms with Crippen LogP contribution in [-0.4, -0.2) is 6.54 Å². The first kappa shape index (κ1) is 12.4. The van der Waals surface area contributed by atoms with Crippen LogP contribution in [-0.2, 0) is 0 Å². The van der Waals surface area contributed by atoms with Gasteiger partial charge in [-0.3, -0.25) is 0 Å². The first-order valence-corrected chi connectivity index (χ1v) is 5.94. The lowest BCUT2D eigenvalue weighted by Crippen LogP contribution is -2.38. The molecule has 3 heteroatoms. The molecule has 1 aliphatic carbocycles. The predicted octanol–water partition coefficient (Wildman–Crippen LogP) is 4.54. The van der Waals surface area contributed by atoms with E-state index in [1.807, 2.05) is 0 Å². The van der Waals surface area contributed by atoms with Gasteiger partial charge in [0.2, 0.25) is 0 Å². The quantitative estimate of drug-likeness (QED) is 0.372. The van der Waals surface area contributed by atoms with E-state index in [4.69, 9.17) is 5.53 Å². The molecule has 0 aromatic heterocycles. The van der Waals surface area contributed by atoms with Gasteiger partial charge in [0, 0.05) is 11.5 Å².